The molecule has 16 heavy (non-hydrogen) atoms. The molecule has 1 aromatic heterocycles. The second-order valence-electron chi connectivity index (χ2n) is 3.68. The van der Waals surface area contributed by atoms with E-state index in [1.165, 1.54) is 0 Å². The molecule has 0 aliphatic carbocycles. The summed E-state index contributed by atoms with van der Waals surface area (Å²) in [4.78, 5) is 0. The number of aromatic nitrogens is 2. The van der Waals surface area contributed by atoms with Gasteiger partial charge in [0.1, 0.15) is 0 Å². The van der Waals surface area contributed by atoms with Crippen LogP contribution in [0.15, 0.2) is 12.4 Å². The Morgan fingerprint density at radius 3 is 3.12 bits per heavy atom. The van der Waals surface area contributed by atoms with Crippen LogP contribution in [0, 0.1) is 11.3 Å². The zero-order chi connectivity index (χ0) is 11.8. The second kappa shape index (κ2) is 6.99. The van der Waals surface area contributed by atoms with E-state index in [0.29, 0.717) is 19.5 Å². The number of nitriles is 1. The Hall–Kier alpha value is -1.38. The summed E-state index contributed by atoms with van der Waals surface area (Å²) in [7, 11) is 0. The summed E-state index contributed by atoms with van der Waals surface area (Å²) in [5.41, 5.74) is 1.07. The van der Waals surface area contributed by atoms with E-state index in [1.807, 2.05) is 6.20 Å². The number of hydrogen-bond donors (Lipinski definition) is 2. The standard InChI is InChI=1S/C11H18N4O/c1-2-11(3-4-12)13-7-10-8-14-15(9-10)5-6-16/h8-9,11,13,16H,2-3,5-7H2,1H3. The monoisotopic (exact) mass is 222 g/mol. The summed E-state index contributed by atoms with van der Waals surface area (Å²) in [5.74, 6) is 0. The highest BCUT2D eigenvalue weighted by Gasteiger charge is 2.05. The van der Waals surface area contributed by atoms with E-state index in [1.54, 1.807) is 10.9 Å². The fourth-order valence-corrected chi connectivity index (χ4v) is 1.46. The molecule has 0 saturated carbocycles. The Labute approximate surface area is 95.7 Å². The third kappa shape index (κ3) is 4.01. The first-order valence-corrected chi connectivity index (χ1v) is 5.52. The number of nitrogens with one attached hydrogen (secondary N) is 1. The van der Waals surface area contributed by atoms with Crippen molar-refractivity contribution in [3.8, 4) is 6.07 Å². The van der Waals surface area contributed by atoms with E-state index >= 15 is 0 Å². The average Bonchev–Trinajstić information content (AvgIpc) is 2.72. The predicted octanol–water partition coefficient (Wildman–Crippen LogP) is 0.657. The maximum absolute atomic E-state index is 8.74. The average molecular weight is 222 g/mol. The van der Waals surface area contributed by atoms with Gasteiger partial charge in [0, 0.05) is 24.3 Å². The van der Waals surface area contributed by atoms with E-state index in [2.05, 4.69) is 23.4 Å². The predicted molar refractivity (Wildman–Crippen MR) is 60.5 cm³/mol. The highest BCUT2D eigenvalue weighted by atomic mass is 16.3. The van der Waals surface area contributed by atoms with E-state index in [4.69, 9.17) is 10.4 Å². The lowest BCUT2D eigenvalue weighted by Crippen LogP contribution is -2.27. The summed E-state index contributed by atoms with van der Waals surface area (Å²) < 4.78 is 1.71. The van der Waals surface area contributed by atoms with Crippen LogP contribution in [-0.4, -0.2) is 27.5 Å². The highest BCUT2D eigenvalue weighted by Crippen LogP contribution is 2.01. The largest absolute Gasteiger partial charge is 0.394 e. The van der Waals surface area contributed by atoms with Crippen LogP contribution in [0.5, 0.6) is 0 Å². The minimum absolute atomic E-state index is 0.0978. The molecule has 5 nitrogen and oxygen atoms in total. The van der Waals surface area contributed by atoms with Crippen molar-refractivity contribution in [2.45, 2.75) is 38.9 Å². The molecule has 0 radical (unpaired) electrons. The van der Waals surface area contributed by atoms with Crippen LogP contribution in [0.1, 0.15) is 25.3 Å². The Kier molecular flexibility index (Phi) is 5.54. The molecule has 1 atom stereocenters. The lowest BCUT2D eigenvalue weighted by molar-refractivity contribution is 0.269. The summed E-state index contributed by atoms with van der Waals surface area (Å²) in [6.45, 7) is 3.39. The van der Waals surface area contributed by atoms with Crippen LogP contribution in [0.2, 0.25) is 0 Å². The summed E-state index contributed by atoms with van der Waals surface area (Å²) >= 11 is 0. The van der Waals surface area contributed by atoms with Gasteiger partial charge in [-0.3, -0.25) is 4.68 Å². The van der Waals surface area contributed by atoms with Gasteiger partial charge in [-0.2, -0.15) is 10.4 Å². The number of aliphatic hydroxyl groups is 1. The fourth-order valence-electron chi connectivity index (χ4n) is 1.46. The van der Waals surface area contributed by atoms with Gasteiger partial charge in [-0.05, 0) is 6.42 Å². The summed E-state index contributed by atoms with van der Waals surface area (Å²) in [6.07, 6.45) is 5.16. The van der Waals surface area contributed by atoms with Gasteiger partial charge in [0.05, 0.1) is 31.8 Å². The zero-order valence-corrected chi connectivity index (χ0v) is 9.56. The van der Waals surface area contributed by atoms with Crippen LogP contribution in [0.25, 0.3) is 0 Å². The zero-order valence-electron chi connectivity index (χ0n) is 9.56. The van der Waals surface area contributed by atoms with Gasteiger partial charge in [-0.15, -0.1) is 0 Å². The van der Waals surface area contributed by atoms with Crippen LogP contribution in [-0.2, 0) is 13.1 Å². The minimum atomic E-state index is 0.0978. The van der Waals surface area contributed by atoms with Crippen molar-refractivity contribution in [2.75, 3.05) is 6.61 Å². The number of rotatable bonds is 7. The minimum Gasteiger partial charge on any atom is -0.394 e. The van der Waals surface area contributed by atoms with Gasteiger partial charge in [0.25, 0.3) is 0 Å². The molecule has 0 fully saturated rings. The third-order valence-electron chi connectivity index (χ3n) is 2.44. The molecule has 88 valence electrons. The van der Waals surface area contributed by atoms with E-state index in [9.17, 15) is 0 Å². The maximum Gasteiger partial charge on any atom is 0.0640 e. The fraction of sp³-hybridized carbons (Fsp3) is 0.636. The van der Waals surface area contributed by atoms with Crippen LogP contribution in [0.3, 0.4) is 0 Å². The van der Waals surface area contributed by atoms with Crippen molar-refractivity contribution in [1.29, 1.82) is 5.26 Å². The molecule has 0 aliphatic rings. The SMILES string of the molecule is CCC(CC#N)NCc1cnn(CCO)c1. The lowest BCUT2D eigenvalue weighted by atomic mass is 10.1. The molecule has 0 aromatic carbocycles. The highest BCUT2D eigenvalue weighted by molar-refractivity contribution is 5.03. The maximum atomic E-state index is 8.74. The molecular weight excluding hydrogens is 204 g/mol. The number of aliphatic hydroxyl groups excluding tert-OH is 1. The normalized spacial score (nSPS) is 12.3. The second-order valence-corrected chi connectivity index (χ2v) is 3.68. The molecule has 0 bridgehead atoms. The number of hydrogen-bond acceptors (Lipinski definition) is 4. The lowest BCUT2D eigenvalue weighted by Gasteiger charge is -2.11. The van der Waals surface area contributed by atoms with Crippen LogP contribution >= 0.6 is 0 Å². The third-order valence-corrected chi connectivity index (χ3v) is 2.44. The molecule has 1 aromatic rings. The van der Waals surface area contributed by atoms with Crippen molar-refractivity contribution >= 4 is 0 Å². The molecular formula is C11H18N4O. The molecule has 2 N–H and O–H groups in total. The molecule has 0 amide bonds. The first kappa shape index (κ1) is 12.7. The van der Waals surface area contributed by atoms with Gasteiger partial charge in [0.15, 0.2) is 0 Å². The van der Waals surface area contributed by atoms with Gasteiger partial charge >= 0.3 is 0 Å². The van der Waals surface area contributed by atoms with E-state index in [-0.39, 0.29) is 12.6 Å². The summed E-state index contributed by atoms with van der Waals surface area (Å²) in [6, 6.07) is 2.41. The van der Waals surface area contributed by atoms with Crippen molar-refractivity contribution < 1.29 is 5.11 Å². The van der Waals surface area contributed by atoms with Crippen molar-refractivity contribution in [1.82, 2.24) is 15.1 Å². The summed E-state index contributed by atoms with van der Waals surface area (Å²) in [5, 5.41) is 24.8. The van der Waals surface area contributed by atoms with Crippen molar-refractivity contribution in [3.63, 3.8) is 0 Å². The van der Waals surface area contributed by atoms with Crippen molar-refractivity contribution in [3.05, 3.63) is 18.0 Å². The van der Waals surface area contributed by atoms with E-state index in [0.717, 1.165) is 12.0 Å². The molecule has 1 unspecified atom stereocenters. The molecule has 0 aliphatic heterocycles. The smallest absolute Gasteiger partial charge is 0.0640 e. The molecule has 5 heteroatoms. The van der Waals surface area contributed by atoms with E-state index < -0.39 is 0 Å². The number of nitrogens with zero attached hydrogens (tertiary/aromatic N) is 3. The quantitative estimate of drug-likeness (QED) is 0.710. The van der Waals surface area contributed by atoms with Crippen molar-refractivity contribution in [2.24, 2.45) is 0 Å². The van der Waals surface area contributed by atoms with Gasteiger partial charge in [0.2, 0.25) is 0 Å². The first-order valence-electron chi connectivity index (χ1n) is 5.52. The molecule has 1 heterocycles. The molecule has 1 rings (SSSR count). The van der Waals surface area contributed by atoms with Crippen LogP contribution in [0.4, 0.5) is 0 Å². The Morgan fingerprint density at radius 1 is 1.69 bits per heavy atom. The Balaban J connectivity index is 2.38. The van der Waals surface area contributed by atoms with Gasteiger partial charge in [-0.1, -0.05) is 6.92 Å². The first-order chi connectivity index (χ1) is 7.80. The van der Waals surface area contributed by atoms with Gasteiger partial charge < -0.3 is 10.4 Å². The van der Waals surface area contributed by atoms with Crippen LogP contribution < -0.4 is 5.32 Å². The molecule has 0 spiro atoms. The Morgan fingerprint density at radius 2 is 2.50 bits per heavy atom. The topological polar surface area (TPSA) is 73.9 Å². The Bertz CT molecular complexity index is 342. The van der Waals surface area contributed by atoms with Gasteiger partial charge in [-0.25, -0.2) is 0 Å². The molecule has 0 saturated heterocycles.